The quantitative estimate of drug-likeness (QED) is 0.120. The smallest absolute Gasteiger partial charge is 0.348 e. The summed E-state index contributed by atoms with van der Waals surface area (Å²) in [4.78, 5) is 41.0. The van der Waals surface area contributed by atoms with Gasteiger partial charge in [0.25, 0.3) is 0 Å². The van der Waals surface area contributed by atoms with Gasteiger partial charge < -0.3 is 15.4 Å². The van der Waals surface area contributed by atoms with E-state index in [1.54, 1.807) is 61.1 Å². The summed E-state index contributed by atoms with van der Waals surface area (Å²) in [6.45, 7) is 7.52. The van der Waals surface area contributed by atoms with E-state index in [9.17, 15) is 14.0 Å². The molecule has 0 atom stereocenters. The van der Waals surface area contributed by atoms with Gasteiger partial charge in [-0.25, -0.2) is 14.0 Å². The zero-order valence-corrected chi connectivity index (χ0v) is 29.0. The van der Waals surface area contributed by atoms with E-state index >= 15 is 0 Å². The van der Waals surface area contributed by atoms with Crippen molar-refractivity contribution < 1.29 is 18.7 Å². The monoisotopic (exact) mass is 687 g/mol. The van der Waals surface area contributed by atoms with Gasteiger partial charge in [0, 0.05) is 22.7 Å². The van der Waals surface area contributed by atoms with Crippen LogP contribution >= 0.6 is 0 Å². The number of carbonyl (C=O) groups excluding carboxylic acids is 2. The number of nitrogens with zero attached hydrogens (tertiary/aromatic N) is 3. The summed E-state index contributed by atoms with van der Waals surface area (Å²) in [6.07, 6.45) is 5.05. The Morgan fingerprint density at radius 1 is 0.596 bits per heavy atom. The molecule has 4 aromatic carbocycles. The molecule has 0 spiro atoms. The number of aromatic nitrogens is 3. The first kappa shape index (κ1) is 33.7. The minimum Gasteiger partial charge on any atom is -0.386 e. The molecule has 0 saturated carbocycles. The lowest BCUT2D eigenvalue weighted by Crippen LogP contribution is -2.16. The molecule has 7 rings (SSSR count). The highest BCUT2D eigenvalue weighted by molar-refractivity contribution is 6.08. The van der Waals surface area contributed by atoms with Crippen LogP contribution in [0.5, 0.6) is 0 Å². The van der Waals surface area contributed by atoms with Crippen LogP contribution in [-0.4, -0.2) is 26.9 Å². The lowest BCUT2D eigenvalue weighted by molar-refractivity contribution is 0.0399. The van der Waals surface area contributed by atoms with Gasteiger partial charge in [0.2, 0.25) is 0 Å². The van der Waals surface area contributed by atoms with E-state index < -0.39 is 11.9 Å². The highest BCUT2D eigenvalue weighted by Crippen LogP contribution is 2.32. The van der Waals surface area contributed by atoms with E-state index in [0.717, 1.165) is 44.4 Å². The molecule has 0 unspecified atom stereocenters. The molecule has 8 nitrogen and oxygen atoms in total. The Bertz CT molecular complexity index is 2510. The first-order chi connectivity index (χ1) is 25.1. The first-order valence-corrected chi connectivity index (χ1v) is 16.7. The average Bonchev–Trinajstić information content (AvgIpc) is 3.13. The van der Waals surface area contributed by atoms with E-state index in [0.29, 0.717) is 34.0 Å². The molecule has 0 fully saturated rings. The summed E-state index contributed by atoms with van der Waals surface area (Å²) >= 11 is 0. The average molecular weight is 688 g/mol. The zero-order chi connectivity index (χ0) is 36.4. The van der Waals surface area contributed by atoms with Gasteiger partial charge in [-0.3, -0.25) is 15.0 Å². The number of carbonyl (C=O) groups is 2. The van der Waals surface area contributed by atoms with Crippen LogP contribution in [0, 0.1) is 33.5 Å². The second-order valence-electron chi connectivity index (χ2n) is 12.7. The lowest BCUT2D eigenvalue weighted by atomic mass is 10.0. The van der Waals surface area contributed by atoms with Gasteiger partial charge >= 0.3 is 11.9 Å². The molecule has 52 heavy (non-hydrogen) atoms. The fourth-order valence-corrected chi connectivity index (χ4v) is 6.19. The van der Waals surface area contributed by atoms with E-state index in [1.807, 2.05) is 82.3 Å². The molecule has 3 heterocycles. The van der Waals surface area contributed by atoms with Crippen LogP contribution in [0.1, 0.15) is 43.0 Å². The number of nitrogens with one attached hydrogen (secondary N) is 2. The highest BCUT2D eigenvalue weighted by Gasteiger charge is 2.22. The van der Waals surface area contributed by atoms with Crippen molar-refractivity contribution in [2.45, 2.75) is 27.7 Å². The Balaban J connectivity index is 1.11. The molecule has 0 radical (unpaired) electrons. The molecule has 0 saturated heterocycles. The zero-order valence-electron chi connectivity index (χ0n) is 29.0. The summed E-state index contributed by atoms with van der Waals surface area (Å²) in [7, 11) is 0. The number of benzene rings is 4. The van der Waals surface area contributed by atoms with Crippen molar-refractivity contribution in [3.05, 3.63) is 161 Å². The number of halogens is 1. The van der Waals surface area contributed by atoms with Crippen molar-refractivity contribution in [1.29, 1.82) is 0 Å². The fraction of sp³-hybridized carbons (Fsp3) is 0.0930. The number of rotatable bonds is 8. The molecule has 0 aliphatic rings. The van der Waals surface area contributed by atoms with Crippen LogP contribution < -0.4 is 10.6 Å². The molecular formula is C43H34FN5O3. The summed E-state index contributed by atoms with van der Waals surface area (Å²) in [5, 5.41) is 7.53. The normalized spacial score (nSPS) is 10.9. The van der Waals surface area contributed by atoms with Crippen molar-refractivity contribution in [1.82, 2.24) is 15.0 Å². The maximum absolute atomic E-state index is 14.5. The second kappa shape index (κ2) is 14.2. The molecule has 3 aromatic heterocycles. The summed E-state index contributed by atoms with van der Waals surface area (Å²) in [5.74, 6) is -1.98. The number of esters is 2. The molecule has 0 aliphatic carbocycles. The molecule has 0 aliphatic heterocycles. The Kier molecular flexibility index (Phi) is 9.24. The topological polar surface area (TPSA) is 106 Å². The number of aryl methyl sites for hydroxylation is 4. The molecular weight excluding hydrogens is 654 g/mol. The molecule has 2 N–H and O–H groups in total. The van der Waals surface area contributed by atoms with E-state index in [2.05, 4.69) is 20.6 Å². The first-order valence-electron chi connectivity index (χ1n) is 16.7. The van der Waals surface area contributed by atoms with E-state index in [1.165, 1.54) is 6.07 Å². The van der Waals surface area contributed by atoms with Gasteiger partial charge in [0.15, 0.2) is 0 Å². The Morgan fingerprint density at radius 3 is 1.73 bits per heavy atom. The fourth-order valence-electron chi connectivity index (χ4n) is 6.19. The van der Waals surface area contributed by atoms with Crippen molar-refractivity contribution in [3.63, 3.8) is 0 Å². The van der Waals surface area contributed by atoms with Gasteiger partial charge in [0.1, 0.15) is 5.82 Å². The minimum atomic E-state index is -0.817. The van der Waals surface area contributed by atoms with Crippen LogP contribution in [0.15, 0.2) is 122 Å². The van der Waals surface area contributed by atoms with Crippen LogP contribution in [0.25, 0.3) is 33.4 Å². The van der Waals surface area contributed by atoms with Crippen LogP contribution in [-0.2, 0) is 4.74 Å². The third kappa shape index (κ3) is 6.97. The van der Waals surface area contributed by atoms with Gasteiger partial charge in [-0.15, -0.1) is 0 Å². The maximum Gasteiger partial charge on any atom is 0.348 e. The summed E-state index contributed by atoms with van der Waals surface area (Å²) < 4.78 is 20.0. The Labute approximate surface area is 300 Å². The molecule has 0 bridgehead atoms. The van der Waals surface area contributed by atoms with Crippen molar-refractivity contribution in [2.24, 2.45) is 0 Å². The lowest BCUT2D eigenvalue weighted by Gasteiger charge is -2.15. The number of hydrogen-bond donors (Lipinski definition) is 2. The summed E-state index contributed by atoms with van der Waals surface area (Å²) in [5.41, 5.74) is 9.41. The van der Waals surface area contributed by atoms with Crippen molar-refractivity contribution in [2.75, 3.05) is 10.6 Å². The second-order valence-corrected chi connectivity index (χ2v) is 12.7. The Hall–Kier alpha value is -6.74. The highest BCUT2D eigenvalue weighted by atomic mass is 19.1. The third-order valence-corrected chi connectivity index (χ3v) is 8.72. The summed E-state index contributed by atoms with van der Waals surface area (Å²) in [6, 6.07) is 30.7. The molecule has 256 valence electrons. The van der Waals surface area contributed by atoms with Crippen molar-refractivity contribution >= 4 is 45.6 Å². The van der Waals surface area contributed by atoms with Gasteiger partial charge in [0.05, 0.1) is 63.2 Å². The van der Waals surface area contributed by atoms with E-state index in [-0.39, 0.29) is 16.9 Å². The SMILES string of the molecule is Cc1ccc(Nc2cnc(-c3ccccc3F)c(C)c2)c(C(=O)OC(=O)c2cc(C)ccc2Nc2cnc(-c3cccc4ncccc34)c(C)c2)c1. The van der Waals surface area contributed by atoms with Crippen LogP contribution in [0.3, 0.4) is 0 Å². The van der Waals surface area contributed by atoms with E-state index in [4.69, 9.17) is 9.72 Å². The number of ether oxygens (including phenoxy) is 1. The molecule has 9 heteroatoms. The molecule has 7 aromatic rings. The van der Waals surface area contributed by atoms with Crippen molar-refractivity contribution in [3.8, 4) is 22.5 Å². The predicted octanol–water partition coefficient (Wildman–Crippen LogP) is 10.2. The van der Waals surface area contributed by atoms with Gasteiger partial charge in [-0.2, -0.15) is 0 Å². The predicted molar refractivity (Wildman–Crippen MR) is 203 cm³/mol. The van der Waals surface area contributed by atoms with Crippen LogP contribution in [0.4, 0.5) is 27.1 Å². The number of fused-ring (bicyclic) bond motifs is 1. The number of pyridine rings is 3. The number of anilines is 4. The van der Waals surface area contributed by atoms with Crippen LogP contribution in [0.2, 0.25) is 0 Å². The standard InChI is InChI=1S/C43H34FN5O3/c1-25-14-16-38(48-29-21-27(3)40(46-23-29)32-10-7-13-37-31(32)11-8-18-45-37)34(19-25)42(50)52-43(51)35-20-26(2)15-17-39(35)49-30-22-28(4)41(47-24-30)33-9-5-6-12-36(33)44/h5-24,48-49H,1-4H3. The largest absolute Gasteiger partial charge is 0.386 e. The minimum absolute atomic E-state index is 0.172. The van der Waals surface area contributed by atoms with Gasteiger partial charge in [-0.05, 0) is 99.5 Å². The van der Waals surface area contributed by atoms with Gasteiger partial charge in [-0.1, -0.05) is 53.6 Å². The maximum atomic E-state index is 14.5. The number of hydrogen-bond acceptors (Lipinski definition) is 8. The Morgan fingerprint density at radius 2 is 1.15 bits per heavy atom. The molecule has 0 amide bonds. The third-order valence-electron chi connectivity index (χ3n) is 8.72.